The van der Waals surface area contributed by atoms with E-state index in [1.54, 1.807) is 29.8 Å². The van der Waals surface area contributed by atoms with Gasteiger partial charge in [-0.15, -0.1) is 11.3 Å². The highest BCUT2D eigenvalue weighted by molar-refractivity contribution is 7.07. The predicted octanol–water partition coefficient (Wildman–Crippen LogP) is 4.02. The monoisotopic (exact) mass is 409 g/mol. The van der Waals surface area contributed by atoms with Crippen LogP contribution in [0.4, 0.5) is 5.69 Å². The Morgan fingerprint density at radius 1 is 1.07 bits per heavy atom. The molecule has 150 valence electrons. The quantitative estimate of drug-likeness (QED) is 0.618. The topological polar surface area (TPSA) is 80.3 Å². The van der Waals surface area contributed by atoms with Gasteiger partial charge in [-0.05, 0) is 56.2 Å². The van der Waals surface area contributed by atoms with Crippen molar-refractivity contribution in [2.24, 2.45) is 0 Å². The number of rotatable bonds is 7. The van der Waals surface area contributed by atoms with Crippen LogP contribution in [0.1, 0.15) is 32.7 Å². The van der Waals surface area contributed by atoms with Crippen LogP contribution < -0.4 is 15.4 Å². The fraction of sp³-hybridized carbons (Fsp3) is 0.227. The van der Waals surface area contributed by atoms with Crippen LogP contribution in [0.3, 0.4) is 0 Å². The molecule has 0 saturated heterocycles. The lowest BCUT2D eigenvalue weighted by Crippen LogP contribution is -2.33. The van der Waals surface area contributed by atoms with Gasteiger partial charge in [0.1, 0.15) is 12.4 Å². The van der Waals surface area contributed by atoms with Crippen molar-refractivity contribution in [3.63, 3.8) is 0 Å². The highest BCUT2D eigenvalue weighted by Gasteiger charge is 2.11. The lowest BCUT2D eigenvalue weighted by molar-refractivity contribution is -0.115. The highest BCUT2D eigenvalue weighted by Crippen LogP contribution is 2.21. The third-order valence-corrected chi connectivity index (χ3v) is 4.97. The highest BCUT2D eigenvalue weighted by atomic mass is 32.1. The lowest BCUT2D eigenvalue weighted by atomic mass is 10.1. The number of hydrogen-bond donors (Lipinski definition) is 2. The Balaban J connectivity index is 1.50. The number of hydrogen-bond acceptors (Lipinski definition) is 5. The number of carbonyl (C=O) groups excluding carboxylic acids is 2. The molecule has 0 unspecified atom stereocenters. The predicted molar refractivity (Wildman–Crippen MR) is 115 cm³/mol. The van der Waals surface area contributed by atoms with E-state index >= 15 is 0 Å². The number of aromatic nitrogens is 1. The molecule has 0 spiro atoms. The summed E-state index contributed by atoms with van der Waals surface area (Å²) in [7, 11) is 0. The van der Waals surface area contributed by atoms with Gasteiger partial charge in [0.05, 0.1) is 17.7 Å². The van der Waals surface area contributed by atoms with Crippen molar-refractivity contribution in [1.29, 1.82) is 0 Å². The van der Waals surface area contributed by atoms with E-state index in [2.05, 4.69) is 15.6 Å². The number of anilines is 1. The molecule has 1 heterocycles. The fourth-order valence-corrected chi connectivity index (χ4v) is 3.54. The minimum atomic E-state index is -0.316. The molecule has 1 aromatic heterocycles. The molecule has 0 bridgehead atoms. The minimum absolute atomic E-state index is 0.104. The Bertz CT molecular complexity index is 976. The number of carbonyl (C=O) groups is 2. The summed E-state index contributed by atoms with van der Waals surface area (Å²) < 4.78 is 5.63. The molecule has 3 rings (SSSR count). The molecule has 2 N–H and O–H groups in total. The SMILES string of the molecule is Cc1cc(C)c(NC(=O)CNC(=O)c2ccc(OCc3cscn3)cc2)c(C)c1. The smallest absolute Gasteiger partial charge is 0.251 e. The summed E-state index contributed by atoms with van der Waals surface area (Å²) in [6.07, 6.45) is 0. The zero-order valence-corrected chi connectivity index (χ0v) is 17.4. The summed E-state index contributed by atoms with van der Waals surface area (Å²) in [6.45, 7) is 6.19. The van der Waals surface area contributed by atoms with Crippen molar-refractivity contribution in [3.8, 4) is 5.75 Å². The fourth-order valence-electron chi connectivity index (χ4n) is 2.99. The summed E-state index contributed by atoms with van der Waals surface area (Å²) in [5.74, 6) is 0.0674. The summed E-state index contributed by atoms with van der Waals surface area (Å²) in [5.41, 5.74) is 7.00. The first-order valence-electron chi connectivity index (χ1n) is 9.18. The van der Waals surface area contributed by atoms with Gasteiger partial charge in [-0.2, -0.15) is 0 Å². The summed E-state index contributed by atoms with van der Waals surface area (Å²) in [4.78, 5) is 28.7. The molecule has 0 aliphatic carbocycles. The van der Waals surface area contributed by atoms with Crippen LogP contribution in [-0.2, 0) is 11.4 Å². The molecule has 2 amide bonds. The van der Waals surface area contributed by atoms with Crippen LogP contribution in [-0.4, -0.2) is 23.3 Å². The van der Waals surface area contributed by atoms with Crippen molar-refractivity contribution in [2.75, 3.05) is 11.9 Å². The molecule has 0 atom stereocenters. The molecule has 2 aromatic carbocycles. The van der Waals surface area contributed by atoms with E-state index in [0.717, 1.165) is 28.1 Å². The molecule has 0 aliphatic heterocycles. The standard InChI is InChI=1S/C22H23N3O3S/c1-14-8-15(2)21(16(3)9-14)25-20(26)10-23-22(27)17-4-6-19(7-5-17)28-11-18-12-29-13-24-18/h4-9,12-13H,10-11H2,1-3H3,(H,23,27)(H,25,26). The van der Waals surface area contributed by atoms with Gasteiger partial charge in [-0.1, -0.05) is 17.7 Å². The van der Waals surface area contributed by atoms with Gasteiger partial charge in [-0.3, -0.25) is 9.59 Å². The van der Waals surface area contributed by atoms with E-state index in [9.17, 15) is 9.59 Å². The zero-order valence-electron chi connectivity index (χ0n) is 16.6. The van der Waals surface area contributed by atoms with Gasteiger partial charge >= 0.3 is 0 Å². The Morgan fingerprint density at radius 2 is 1.76 bits per heavy atom. The van der Waals surface area contributed by atoms with E-state index in [4.69, 9.17) is 4.74 Å². The number of amides is 2. The van der Waals surface area contributed by atoms with Crippen LogP contribution in [0.2, 0.25) is 0 Å². The van der Waals surface area contributed by atoms with E-state index in [1.807, 2.05) is 38.3 Å². The molecule has 7 heteroatoms. The number of ether oxygens (including phenoxy) is 1. The molecule has 0 radical (unpaired) electrons. The van der Waals surface area contributed by atoms with Gasteiger partial charge in [0.15, 0.2) is 0 Å². The average molecular weight is 410 g/mol. The molecule has 3 aromatic rings. The summed E-state index contributed by atoms with van der Waals surface area (Å²) in [6, 6.07) is 10.8. The average Bonchev–Trinajstić information content (AvgIpc) is 3.21. The van der Waals surface area contributed by atoms with Crippen molar-refractivity contribution in [1.82, 2.24) is 10.3 Å². The zero-order chi connectivity index (χ0) is 20.8. The van der Waals surface area contributed by atoms with E-state index in [-0.39, 0.29) is 18.4 Å². The third kappa shape index (κ3) is 5.65. The van der Waals surface area contributed by atoms with Gasteiger partial charge in [-0.25, -0.2) is 4.98 Å². The normalized spacial score (nSPS) is 10.4. The number of benzene rings is 2. The van der Waals surface area contributed by atoms with Crippen molar-refractivity contribution in [2.45, 2.75) is 27.4 Å². The molecule has 0 saturated carbocycles. The van der Waals surface area contributed by atoms with Crippen LogP contribution in [0.5, 0.6) is 5.75 Å². The number of nitrogens with one attached hydrogen (secondary N) is 2. The van der Waals surface area contributed by atoms with Crippen molar-refractivity contribution >= 4 is 28.8 Å². The number of aryl methyl sites for hydroxylation is 3. The maximum absolute atomic E-state index is 12.3. The first-order valence-corrected chi connectivity index (χ1v) is 10.1. The largest absolute Gasteiger partial charge is 0.487 e. The van der Waals surface area contributed by atoms with Crippen LogP contribution >= 0.6 is 11.3 Å². The summed E-state index contributed by atoms with van der Waals surface area (Å²) in [5, 5.41) is 7.44. The summed E-state index contributed by atoms with van der Waals surface area (Å²) >= 11 is 1.51. The Labute approximate surface area is 173 Å². The molecular weight excluding hydrogens is 386 g/mol. The van der Waals surface area contributed by atoms with Crippen LogP contribution in [0, 0.1) is 20.8 Å². The first kappa shape index (κ1) is 20.5. The van der Waals surface area contributed by atoms with Gasteiger partial charge in [0.2, 0.25) is 5.91 Å². The van der Waals surface area contributed by atoms with Crippen LogP contribution in [0.25, 0.3) is 0 Å². The van der Waals surface area contributed by atoms with E-state index < -0.39 is 0 Å². The molecule has 0 fully saturated rings. The Morgan fingerprint density at radius 3 is 2.38 bits per heavy atom. The van der Waals surface area contributed by atoms with E-state index in [1.165, 1.54) is 11.3 Å². The number of nitrogens with zero attached hydrogens (tertiary/aromatic N) is 1. The van der Waals surface area contributed by atoms with Crippen molar-refractivity contribution < 1.29 is 14.3 Å². The Kier molecular flexibility index (Phi) is 6.61. The first-order chi connectivity index (χ1) is 13.9. The van der Waals surface area contributed by atoms with Crippen LogP contribution in [0.15, 0.2) is 47.3 Å². The molecule has 29 heavy (non-hydrogen) atoms. The minimum Gasteiger partial charge on any atom is -0.487 e. The molecule has 0 aliphatic rings. The van der Waals surface area contributed by atoms with E-state index in [0.29, 0.717) is 17.9 Å². The van der Waals surface area contributed by atoms with Gasteiger partial charge in [0.25, 0.3) is 5.91 Å². The third-order valence-electron chi connectivity index (χ3n) is 4.34. The maximum Gasteiger partial charge on any atom is 0.251 e. The second kappa shape index (κ2) is 9.34. The second-order valence-corrected chi connectivity index (χ2v) is 7.52. The van der Waals surface area contributed by atoms with Crippen molar-refractivity contribution in [3.05, 3.63) is 75.2 Å². The lowest BCUT2D eigenvalue weighted by Gasteiger charge is -2.13. The molecule has 6 nitrogen and oxygen atoms in total. The number of thiazole rings is 1. The van der Waals surface area contributed by atoms with Gasteiger partial charge < -0.3 is 15.4 Å². The Hall–Kier alpha value is -3.19. The maximum atomic E-state index is 12.3. The van der Waals surface area contributed by atoms with Gasteiger partial charge in [0, 0.05) is 16.6 Å². The molecular formula is C22H23N3O3S. The second-order valence-electron chi connectivity index (χ2n) is 6.80.